The Bertz CT molecular complexity index is 1450. The molecule has 0 atom stereocenters. The SMILES string of the molecule is CCCCN1C(c2cccc(C)c2)=NS(=O)(=O)c2cc(NC(=O)c3cccc([N+](=O)[O-])c3)ccc21. The fourth-order valence-electron chi connectivity index (χ4n) is 3.85. The van der Waals surface area contributed by atoms with Crippen LogP contribution in [-0.4, -0.2) is 31.6 Å². The molecule has 0 radical (unpaired) electrons. The number of nitrogens with zero attached hydrogens (tertiary/aromatic N) is 3. The van der Waals surface area contributed by atoms with Gasteiger partial charge in [0.2, 0.25) is 0 Å². The van der Waals surface area contributed by atoms with Crippen molar-refractivity contribution in [2.75, 3.05) is 16.8 Å². The number of hydrogen-bond donors (Lipinski definition) is 1. The first kappa shape index (κ1) is 24.1. The zero-order valence-electron chi connectivity index (χ0n) is 19.3. The maximum Gasteiger partial charge on any atom is 0.286 e. The van der Waals surface area contributed by atoms with Crippen LogP contribution in [0.25, 0.3) is 0 Å². The lowest BCUT2D eigenvalue weighted by Crippen LogP contribution is -2.37. The predicted molar refractivity (Wildman–Crippen MR) is 135 cm³/mol. The van der Waals surface area contributed by atoms with E-state index in [0.717, 1.165) is 24.5 Å². The number of nitrogens with one attached hydrogen (secondary N) is 1. The molecule has 0 spiro atoms. The number of non-ortho nitro benzene ring substituents is 1. The molecule has 0 bridgehead atoms. The summed E-state index contributed by atoms with van der Waals surface area (Å²) in [4.78, 5) is 25.0. The number of nitro benzene ring substituents is 1. The fourth-order valence-corrected chi connectivity index (χ4v) is 5.10. The summed E-state index contributed by atoms with van der Waals surface area (Å²) >= 11 is 0. The number of hydrogen-bond acceptors (Lipinski definition) is 6. The van der Waals surface area contributed by atoms with E-state index in [-0.39, 0.29) is 21.8 Å². The number of amides is 1. The smallest absolute Gasteiger partial charge is 0.286 e. The zero-order chi connectivity index (χ0) is 25.2. The zero-order valence-corrected chi connectivity index (χ0v) is 20.1. The second-order valence-electron chi connectivity index (χ2n) is 8.21. The minimum Gasteiger partial charge on any atom is -0.324 e. The highest BCUT2D eigenvalue weighted by atomic mass is 32.2. The van der Waals surface area contributed by atoms with Gasteiger partial charge in [0.25, 0.3) is 21.6 Å². The number of sulfonamides is 1. The van der Waals surface area contributed by atoms with Crippen LogP contribution in [0.2, 0.25) is 0 Å². The largest absolute Gasteiger partial charge is 0.324 e. The standard InChI is InChI=1S/C25H24N4O5S/c1-3-4-13-28-22-12-11-20(26-25(30)19-9-6-10-21(15-19)29(31)32)16-23(22)35(33,34)27-24(28)18-8-5-7-17(2)14-18/h5-12,14-16H,3-4,13H2,1-2H3,(H,26,30). The van der Waals surface area contributed by atoms with Crippen molar-refractivity contribution < 1.29 is 18.1 Å². The van der Waals surface area contributed by atoms with Crippen molar-refractivity contribution in [1.82, 2.24) is 0 Å². The minimum atomic E-state index is -4.05. The van der Waals surface area contributed by atoms with E-state index in [2.05, 4.69) is 16.6 Å². The quantitative estimate of drug-likeness (QED) is 0.369. The van der Waals surface area contributed by atoms with Crippen molar-refractivity contribution >= 4 is 38.8 Å². The van der Waals surface area contributed by atoms with Crippen LogP contribution in [0.5, 0.6) is 0 Å². The maximum atomic E-state index is 13.2. The molecule has 1 heterocycles. The first-order valence-electron chi connectivity index (χ1n) is 11.1. The van der Waals surface area contributed by atoms with Gasteiger partial charge in [0.15, 0.2) is 5.84 Å². The normalized spacial score (nSPS) is 14.1. The van der Waals surface area contributed by atoms with Crippen molar-refractivity contribution in [3.8, 4) is 0 Å². The van der Waals surface area contributed by atoms with E-state index >= 15 is 0 Å². The molecule has 1 aliphatic heterocycles. The summed E-state index contributed by atoms with van der Waals surface area (Å²) in [6, 6.07) is 17.5. The van der Waals surface area contributed by atoms with Gasteiger partial charge >= 0.3 is 0 Å². The third-order valence-electron chi connectivity index (χ3n) is 5.58. The Balaban J connectivity index is 1.71. The first-order chi connectivity index (χ1) is 16.7. The van der Waals surface area contributed by atoms with Crippen molar-refractivity contribution in [2.45, 2.75) is 31.6 Å². The van der Waals surface area contributed by atoms with Crippen LogP contribution in [0.15, 0.2) is 76.0 Å². The van der Waals surface area contributed by atoms with Crippen molar-refractivity contribution in [1.29, 1.82) is 0 Å². The fraction of sp³-hybridized carbons (Fsp3) is 0.200. The van der Waals surface area contributed by atoms with E-state index in [9.17, 15) is 23.3 Å². The van der Waals surface area contributed by atoms with E-state index in [0.29, 0.717) is 23.6 Å². The van der Waals surface area contributed by atoms with Gasteiger partial charge in [-0.3, -0.25) is 14.9 Å². The summed E-state index contributed by atoms with van der Waals surface area (Å²) in [7, 11) is -4.05. The molecule has 1 aliphatic rings. The van der Waals surface area contributed by atoms with Gasteiger partial charge in [-0.1, -0.05) is 43.2 Å². The molecule has 35 heavy (non-hydrogen) atoms. The number of unbranched alkanes of at least 4 members (excludes halogenated alkanes) is 1. The van der Waals surface area contributed by atoms with Crippen molar-refractivity contribution in [2.24, 2.45) is 4.40 Å². The summed E-state index contributed by atoms with van der Waals surface area (Å²) in [6.07, 6.45) is 1.74. The number of nitro groups is 1. The number of carbonyl (C=O) groups is 1. The lowest BCUT2D eigenvalue weighted by Gasteiger charge is -2.31. The van der Waals surface area contributed by atoms with Gasteiger partial charge in [0.05, 0.1) is 10.6 Å². The number of carbonyl (C=O) groups excluding carboxylic acids is 1. The van der Waals surface area contributed by atoms with Gasteiger partial charge in [-0.15, -0.1) is 4.40 Å². The highest BCUT2D eigenvalue weighted by molar-refractivity contribution is 7.90. The molecule has 0 fully saturated rings. The topological polar surface area (TPSA) is 122 Å². The molecule has 4 rings (SSSR count). The van der Waals surface area contributed by atoms with E-state index in [1.807, 2.05) is 36.1 Å². The molecule has 1 N–H and O–H groups in total. The monoisotopic (exact) mass is 492 g/mol. The molecule has 1 amide bonds. The molecular weight excluding hydrogens is 468 g/mol. The average molecular weight is 493 g/mol. The minimum absolute atomic E-state index is 0.0122. The molecule has 0 saturated heterocycles. The highest BCUT2D eigenvalue weighted by Crippen LogP contribution is 2.35. The Morgan fingerprint density at radius 1 is 1.09 bits per heavy atom. The van der Waals surface area contributed by atoms with Gasteiger partial charge in [-0.05, 0) is 43.7 Å². The summed E-state index contributed by atoms with van der Waals surface area (Å²) in [6.45, 7) is 4.56. The van der Waals surface area contributed by atoms with Gasteiger partial charge < -0.3 is 10.2 Å². The second kappa shape index (κ2) is 9.67. The summed E-state index contributed by atoms with van der Waals surface area (Å²) in [5, 5.41) is 13.6. The number of amidine groups is 1. The Hall–Kier alpha value is -4.05. The summed E-state index contributed by atoms with van der Waals surface area (Å²) in [5.41, 5.74) is 2.30. The number of rotatable bonds is 7. The lowest BCUT2D eigenvalue weighted by molar-refractivity contribution is -0.384. The van der Waals surface area contributed by atoms with E-state index in [1.54, 1.807) is 12.1 Å². The molecule has 3 aromatic rings. The second-order valence-corrected chi connectivity index (χ2v) is 9.78. The predicted octanol–water partition coefficient (Wildman–Crippen LogP) is 4.91. The molecule has 0 aromatic heterocycles. The molecule has 3 aromatic carbocycles. The number of anilines is 2. The van der Waals surface area contributed by atoms with Crippen LogP contribution in [-0.2, 0) is 10.0 Å². The number of aryl methyl sites for hydroxylation is 1. The third kappa shape index (κ3) is 5.07. The Labute approximate surface area is 203 Å². The van der Waals surface area contributed by atoms with Gasteiger partial charge in [0.1, 0.15) is 4.90 Å². The Morgan fingerprint density at radius 2 is 1.86 bits per heavy atom. The molecule has 0 unspecified atom stereocenters. The van der Waals surface area contributed by atoms with Crippen LogP contribution in [0, 0.1) is 17.0 Å². The van der Waals surface area contributed by atoms with E-state index in [4.69, 9.17) is 0 Å². The summed E-state index contributed by atoms with van der Waals surface area (Å²) < 4.78 is 30.5. The number of fused-ring (bicyclic) bond motifs is 1. The van der Waals surface area contributed by atoms with Crippen LogP contribution in [0.4, 0.5) is 17.1 Å². The molecule has 9 nitrogen and oxygen atoms in total. The van der Waals surface area contributed by atoms with Crippen LogP contribution in [0.3, 0.4) is 0 Å². The Morgan fingerprint density at radius 3 is 2.57 bits per heavy atom. The summed E-state index contributed by atoms with van der Waals surface area (Å²) in [5.74, 6) is -0.225. The van der Waals surface area contributed by atoms with Crippen molar-refractivity contribution in [3.05, 3.63) is 93.5 Å². The molecule has 0 aliphatic carbocycles. The van der Waals surface area contributed by atoms with E-state index < -0.39 is 20.9 Å². The van der Waals surface area contributed by atoms with Crippen LogP contribution in [0.1, 0.15) is 41.3 Å². The van der Waals surface area contributed by atoms with Gasteiger partial charge in [0, 0.05) is 35.5 Å². The Kier molecular flexibility index (Phi) is 6.65. The van der Waals surface area contributed by atoms with Gasteiger partial charge in [-0.2, -0.15) is 8.42 Å². The van der Waals surface area contributed by atoms with E-state index in [1.165, 1.54) is 24.3 Å². The van der Waals surface area contributed by atoms with Crippen molar-refractivity contribution in [3.63, 3.8) is 0 Å². The highest BCUT2D eigenvalue weighted by Gasteiger charge is 2.32. The van der Waals surface area contributed by atoms with Crippen LogP contribution < -0.4 is 10.2 Å². The molecular formula is C25H24N4O5S. The molecule has 0 saturated carbocycles. The van der Waals surface area contributed by atoms with Crippen LogP contribution >= 0.6 is 0 Å². The number of benzene rings is 3. The first-order valence-corrected chi connectivity index (χ1v) is 12.5. The lowest BCUT2D eigenvalue weighted by atomic mass is 10.1. The maximum absolute atomic E-state index is 13.2. The average Bonchev–Trinajstić information content (AvgIpc) is 2.83. The molecule has 10 heteroatoms. The third-order valence-corrected chi connectivity index (χ3v) is 6.88. The molecule has 180 valence electrons. The van der Waals surface area contributed by atoms with Gasteiger partial charge in [-0.25, -0.2) is 0 Å².